The number of likely N-dealkylation sites (N-methyl/N-ethyl adjacent to an activating group) is 1. The van der Waals surface area contributed by atoms with Crippen LogP contribution < -0.4 is 4.90 Å². The Labute approximate surface area is 83.3 Å². The Hall–Kier alpha value is -1.47. The number of rotatable bonds is 1. The lowest BCUT2D eigenvalue weighted by molar-refractivity contribution is 0.306. The van der Waals surface area contributed by atoms with Gasteiger partial charge in [0.25, 0.3) is 0 Å². The second-order valence-corrected chi connectivity index (χ2v) is 3.54. The van der Waals surface area contributed by atoms with Gasteiger partial charge in [-0.25, -0.2) is 0 Å². The van der Waals surface area contributed by atoms with Gasteiger partial charge in [-0.1, -0.05) is 0 Å². The summed E-state index contributed by atoms with van der Waals surface area (Å²) < 4.78 is 5.35. The van der Waals surface area contributed by atoms with Crippen LogP contribution in [0.15, 0.2) is 16.5 Å². The summed E-state index contributed by atoms with van der Waals surface area (Å²) in [5, 5.41) is 8.62. The molecule has 0 aromatic carbocycles. The molecule has 0 atom stereocenters. The molecule has 1 aromatic rings. The fourth-order valence-corrected chi connectivity index (χ4v) is 1.58. The van der Waals surface area contributed by atoms with Crippen LogP contribution in [0.5, 0.6) is 0 Å². The van der Waals surface area contributed by atoms with Gasteiger partial charge in [0.05, 0.1) is 0 Å². The largest absolute Gasteiger partial charge is 0.430 e. The molecule has 0 unspecified atom stereocenters. The fourth-order valence-electron chi connectivity index (χ4n) is 1.58. The molecule has 2 heterocycles. The van der Waals surface area contributed by atoms with Gasteiger partial charge in [-0.15, -0.1) is 0 Å². The van der Waals surface area contributed by atoms with Gasteiger partial charge in [-0.05, 0) is 13.1 Å². The standard InChI is InChI=1S/C10H13N3O/c1-12-4-6-13(7-5-12)10-3-2-9(8-11)14-10/h2-3H,4-7H2,1H3. The lowest BCUT2D eigenvalue weighted by Crippen LogP contribution is -2.44. The highest BCUT2D eigenvalue weighted by Gasteiger charge is 2.16. The zero-order valence-corrected chi connectivity index (χ0v) is 8.23. The number of piperazine rings is 1. The van der Waals surface area contributed by atoms with Crippen molar-refractivity contribution in [2.45, 2.75) is 0 Å². The van der Waals surface area contributed by atoms with Crippen LogP contribution in [0.2, 0.25) is 0 Å². The molecule has 4 heteroatoms. The van der Waals surface area contributed by atoms with Crippen LogP contribution in [0.1, 0.15) is 5.76 Å². The zero-order valence-electron chi connectivity index (χ0n) is 8.23. The molecule has 1 aliphatic rings. The molecule has 14 heavy (non-hydrogen) atoms. The number of hydrogen-bond donors (Lipinski definition) is 0. The highest BCUT2D eigenvalue weighted by molar-refractivity contribution is 5.39. The van der Waals surface area contributed by atoms with E-state index in [-0.39, 0.29) is 0 Å². The van der Waals surface area contributed by atoms with E-state index in [9.17, 15) is 0 Å². The fraction of sp³-hybridized carbons (Fsp3) is 0.500. The Kier molecular flexibility index (Phi) is 2.42. The van der Waals surface area contributed by atoms with Gasteiger partial charge >= 0.3 is 0 Å². The smallest absolute Gasteiger partial charge is 0.206 e. The Bertz CT molecular complexity index is 344. The molecule has 0 radical (unpaired) electrons. The van der Waals surface area contributed by atoms with Gasteiger partial charge in [0.2, 0.25) is 5.76 Å². The van der Waals surface area contributed by atoms with Crippen LogP contribution in [-0.4, -0.2) is 38.1 Å². The highest BCUT2D eigenvalue weighted by atomic mass is 16.4. The Morgan fingerprint density at radius 1 is 1.29 bits per heavy atom. The molecule has 1 aliphatic heterocycles. The summed E-state index contributed by atoms with van der Waals surface area (Å²) in [4.78, 5) is 4.45. The van der Waals surface area contributed by atoms with E-state index in [0.717, 1.165) is 32.1 Å². The van der Waals surface area contributed by atoms with Crippen LogP contribution in [-0.2, 0) is 0 Å². The zero-order chi connectivity index (χ0) is 9.97. The van der Waals surface area contributed by atoms with E-state index >= 15 is 0 Å². The molecule has 0 spiro atoms. The van der Waals surface area contributed by atoms with Gasteiger partial charge in [0, 0.05) is 32.2 Å². The van der Waals surface area contributed by atoms with Gasteiger partial charge in [-0.2, -0.15) is 5.26 Å². The Morgan fingerprint density at radius 2 is 2.00 bits per heavy atom. The molecule has 74 valence electrons. The first-order chi connectivity index (χ1) is 6.79. The van der Waals surface area contributed by atoms with E-state index in [0.29, 0.717) is 5.76 Å². The summed E-state index contributed by atoms with van der Waals surface area (Å²) in [5.41, 5.74) is 0. The summed E-state index contributed by atoms with van der Waals surface area (Å²) in [6, 6.07) is 5.57. The van der Waals surface area contributed by atoms with Crippen LogP contribution in [0.25, 0.3) is 0 Å². The summed E-state index contributed by atoms with van der Waals surface area (Å²) in [6.07, 6.45) is 0. The summed E-state index contributed by atoms with van der Waals surface area (Å²) in [6.45, 7) is 4.02. The highest BCUT2D eigenvalue weighted by Crippen LogP contribution is 2.18. The number of anilines is 1. The van der Waals surface area contributed by atoms with E-state index < -0.39 is 0 Å². The molecule has 1 fully saturated rings. The van der Waals surface area contributed by atoms with Gasteiger partial charge < -0.3 is 14.2 Å². The molecule has 1 saturated heterocycles. The van der Waals surface area contributed by atoms with Crippen molar-refractivity contribution in [3.63, 3.8) is 0 Å². The predicted octanol–water partition coefficient (Wildman–Crippen LogP) is 0.903. The summed E-state index contributed by atoms with van der Waals surface area (Å²) in [5.74, 6) is 1.20. The van der Waals surface area contributed by atoms with Crippen molar-refractivity contribution in [3.8, 4) is 6.07 Å². The molecule has 1 aromatic heterocycles. The average molecular weight is 191 g/mol. The first kappa shape index (κ1) is 9.10. The molecule has 0 saturated carbocycles. The van der Waals surface area contributed by atoms with E-state index in [1.165, 1.54) is 0 Å². The van der Waals surface area contributed by atoms with Gasteiger partial charge in [0.1, 0.15) is 6.07 Å². The normalized spacial score (nSPS) is 18.1. The van der Waals surface area contributed by atoms with E-state index in [4.69, 9.17) is 9.68 Å². The number of hydrogen-bond acceptors (Lipinski definition) is 4. The monoisotopic (exact) mass is 191 g/mol. The van der Waals surface area contributed by atoms with Crippen molar-refractivity contribution >= 4 is 5.88 Å². The quantitative estimate of drug-likeness (QED) is 0.661. The van der Waals surface area contributed by atoms with Crippen molar-refractivity contribution in [2.24, 2.45) is 0 Å². The van der Waals surface area contributed by atoms with Crippen molar-refractivity contribution in [2.75, 3.05) is 38.1 Å². The predicted molar refractivity (Wildman–Crippen MR) is 53.1 cm³/mol. The third-order valence-electron chi connectivity index (χ3n) is 2.52. The maximum atomic E-state index is 8.62. The molecular formula is C10H13N3O. The van der Waals surface area contributed by atoms with Crippen LogP contribution in [0.3, 0.4) is 0 Å². The van der Waals surface area contributed by atoms with E-state index in [1.807, 2.05) is 12.1 Å². The number of nitrogens with zero attached hydrogens (tertiary/aromatic N) is 3. The van der Waals surface area contributed by atoms with Crippen molar-refractivity contribution in [1.29, 1.82) is 5.26 Å². The van der Waals surface area contributed by atoms with Crippen molar-refractivity contribution in [3.05, 3.63) is 17.9 Å². The lowest BCUT2D eigenvalue weighted by Gasteiger charge is -2.31. The van der Waals surface area contributed by atoms with E-state index in [2.05, 4.69) is 16.8 Å². The second-order valence-electron chi connectivity index (χ2n) is 3.54. The average Bonchev–Trinajstić information content (AvgIpc) is 2.67. The van der Waals surface area contributed by atoms with Crippen LogP contribution in [0, 0.1) is 11.3 Å². The molecular weight excluding hydrogens is 178 g/mol. The molecule has 2 rings (SSSR count). The first-order valence-electron chi connectivity index (χ1n) is 4.73. The minimum atomic E-state index is 0.388. The Balaban J connectivity index is 2.05. The molecule has 0 aliphatic carbocycles. The third-order valence-corrected chi connectivity index (χ3v) is 2.52. The third kappa shape index (κ3) is 1.73. The second kappa shape index (κ2) is 3.72. The Morgan fingerprint density at radius 3 is 2.57 bits per heavy atom. The maximum absolute atomic E-state index is 8.62. The van der Waals surface area contributed by atoms with Crippen molar-refractivity contribution < 1.29 is 4.42 Å². The van der Waals surface area contributed by atoms with Crippen LogP contribution >= 0.6 is 0 Å². The molecule has 0 N–H and O–H groups in total. The first-order valence-corrected chi connectivity index (χ1v) is 4.73. The summed E-state index contributed by atoms with van der Waals surface area (Å²) >= 11 is 0. The van der Waals surface area contributed by atoms with Crippen molar-refractivity contribution in [1.82, 2.24) is 4.90 Å². The topological polar surface area (TPSA) is 43.4 Å². The van der Waals surface area contributed by atoms with E-state index in [1.54, 1.807) is 6.07 Å². The minimum Gasteiger partial charge on any atom is -0.430 e. The molecule has 4 nitrogen and oxygen atoms in total. The maximum Gasteiger partial charge on any atom is 0.206 e. The van der Waals surface area contributed by atoms with Crippen LogP contribution in [0.4, 0.5) is 5.88 Å². The number of furan rings is 1. The number of nitriles is 1. The molecule has 0 bridgehead atoms. The molecule has 0 amide bonds. The summed E-state index contributed by atoms with van der Waals surface area (Å²) in [7, 11) is 2.11. The SMILES string of the molecule is CN1CCN(c2ccc(C#N)o2)CC1. The lowest BCUT2D eigenvalue weighted by atomic mass is 10.3. The van der Waals surface area contributed by atoms with Gasteiger partial charge in [0.15, 0.2) is 5.88 Å². The van der Waals surface area contributed by atoms with Gasteiger partial charge in [-0.3, -0.25) is 0 Å². The minimum absolute atomic E-state index is 0.388.